The van der Waals surface area contributed by atoms with Crippen LogP contribution in [0.4, 0.5) is 5.69 Å². The van der Waals surface area contributed by atoms with Gasteiger partial charge in [-0.25, -0.2) is 0 Å². The van der Waals surface area contributed by atoms with Crippen LogP contribution in [-0.4, -0.2) is 6.61 Å². The number of anilines is 1. The normalized spacial score (nSPS) is 10.2. The van der Waals surface area contributed by atoms with E-state index in [9.17, 15) is 0 Å². The topological polar surface area (TPSA) is 44.5 Å². The SMILES string of the molecule is CCCOc1ccc(COc2cccc(N)c2)cc1. The zero-order chi connectivity index (χ0) is 13.5. The van der Waals surface area contributed by atoms with Gasteiger partial charge in [-0.05, 0) is 36.2 Å². The highest BCUT2D eigenvalue weighted by Crippen LogP contribution is 2.17. The van der Waals surface area contributed by atoms with Gasteiger partial charge >= 0.3 is 0 Å². The average molecular weight is 257 g/mol. The molecule has 0 aliphatic rings. The minimum atomic E-state index is 0.525. The van der Waals surface area contributed by atoms with Crippen molar-refractivity contribution in [1.29, 1.82) is 0 Å². The van der Waals surface area contributed by atoms with Crippen LogP contribution in [-0.2, 0) is 6.61 Å². The molecule has 0 radical (unpaired) electrons. The lowest BCUT2D eigenvalue weighted by atomic mass is 10.2. The van der Waals surface area contributed by atoms with Gasteiger partial charge in [-0.1, -0.05) is 25.1 Å². The fourth-order valence-corrected chi connectivity index (χ4v) is 1.67. The first kappa shape index (κ1) is 13.3. The second-order valence-corrected chi connectivity index (χ2v) is 4.35. The van der Waals surface area contributed by atoms with Crippen molar-refractivity contribution in [2.75, 3.05) is 12.3 Å². The molecule has 3 nitrogen and oxygen atoms in total. The van der Waals surface area contributed by atoms with Crippen molar-refractivity contribution in [3.8, 4) is 11.5 Å². The largest absolute Gasteiger partial charge is 0.494 e. The summed E-state index contributed by atoms with van der Waals surface area (Å²) in [6, 6.07) is 15.4. The molecule has 0 heterocycles. The molecule has 0 aromatic heterocycles. The van der Waals surface area contributed by atoms with E-state index in [0.717, 1.165) is 30.1 Å². The molecule has 0 fully saturated rings. The molecule has 19 heavy (non-hydrogen) atoms. The number of hydrogen-bond acceptors (Lipinski definition) is 3. The van der Waals surface area contributed by atoms with Gasteiger partial charge in [0.1, 0.15) is 18.1 Å². The Morgan fingerprint density at radius 2 is 1.74 bits per heavy atom. The van der Waals surface area contributed by atoms with Gasteiger partial charge in [-0.2, -0.15) is 0 Å². The van der Waals surface area contributed by atoms with Crippen molar-refractivity contribution in [3.05, 3.63) is 54.1 Å². The molecule has 2 rings (SSSR count). The van der Waals surface area contributed by atoms with Crippen molar-refractivity contribution in [2.45, 2.75) is 20.0 Å². The summed E-state index contributed by atoms with van der Waals surface area (Å²) in [5.74, 6) is 1.68. The van der Waals surface area contributed by atoms with E-state index in [4.69, 9.17) is 15.2 Å². The Kier molecular flexibility index (Phi) is 4.67. The van der Waals surface area contributed by atoms with E-state index in [2.05, 4.69) is 6.92 Å². The second-order valence-electron chi connectivity index (χ2n) is 4.35. The Labute approximate surface area is 114 Å². The first-order valence-corrected chi connectivity index (χ1v) is 6.48. The first-order chi connectivity index (χ1) is 9.28. The van der Waals surface area contributed by atoms with Gasteiger partial charge in [0.2, 0.25) is 0 Å². The molecule has 0 saturated carbocycles. The number of ether oxygens (including phenoxy) is 2. The van der Waals surface area contributed by atoms with Crippen molar-refractivity contribution in [1.82, 2.24) is 0 Å². The van der Waals surface area contributed by atoms with Gasteiger partial charge < -0.3 is 15.2 Å². The highest BCUT2D eigenvalue weighted by Gasteiger charge is 1.98. The van der Waals surface area contributed by atoms with Gasteiger partial charge in [0, 0.05) is 11.8 Å². The highest BCUT2D eigenvalue weighted by molar-refractivity contribution is 5.43. The number of rotatable bonds is 6. The predicted molar refractivity (Wildman–Crippen MR) is 77.4 cm³/mol. The lowest BCUT2D eigenvalue weighted by molar-refractivity contribution is 0.304. The van der Waals surface area contributed by atoms with E-state index >= 15 is 0 Å². The molecule has 3 heteroatoms. The summed E-state index contributed by atoms with van der Waals surface area (Å²) in [5, 5.41) is 0. The third-order valence-electron chi connectivity index (χ3n) is 2.66. The van der Waals surface area contributed by atoms with Crippen LogP contribution in [0.25, 0.3) is 0 Å². The molecule has 0 unspecified atom stereocenters. The molecule has 0 aliphatic heterocycles. The van der Waals surface area contributed by atoms with E-state index in [1.165, 1.54) is 0 Å². The maximum absolute atomic E-state index is 5.70. The molecule has 0 saturated heterocycles. The molecular weight excluding hydrogens is 238 g/mol. The number of nitrogens with two attached hydrogens (primary N) is 1. The summed E-state index contributed by atoms with van der Waals surface area (Å²) in [6.45, 7) is 3.37. The Morgan fingerprint density at radius 3 is 2.42 bits per heavy atom. The van der Waals surface area contributed by atoms with E-state index in [-0.39, 0.29) is 0 Å². The minimum absolute atomic E-state index is 0.525. The Bertz CT molecular complexity index is 508. The lowest BCUT2D eigenvalue weighted by Crippen LogP contribution is -1.97. The van der Waals surface area contributed by atoms with Crippen LogP contribution < -0.4 is 15.2 Å². The Balaban J connectivity index is 1.89. The summed E-state index contributed by atoms with van der Waals surface area (Å²) >= 11 is 0. The molecule has 100 valence electrons. The van der Waals surface area contributed by atoms with Crippen LogP contribution >= 0.6 is 0 Å². The van der Waals surface area contributed by atoms with E-state index in [1.54, 1.807) is 0 Å². The van der Waals surface area contributed by atoms with Crippen LogP contribution in [0.2, 0.25) is 0 Å². The molecule has 0 bridgehead atoms. The van der Waals surface area contributed by atoms with Crippen molar-refractivity contribution >= 4 is 5.69 Å². The minimum Gasteiger partial charge on any atom is -0.494 e. The van der Waals surface area contributed by atoms with Crippen molar-refractivity contribution in [2.24, 2.45) is 0 Å². The quantitative estimate of drug-likeness (QED) is 0.803. The van der Waals surface area contributed by atoms with Crippen LogP contribution in [0.3, 0.4) is 0 Å². The van der Waals surface area contributed by atoms with Crippen molar-refractivity contribution < 1.29 is 9.47 Å². The molecule has 2 aromatic carbocycles. The summed E-state index contributed by atoms with van der Waals surface area (Å²) in [5.41, 5.74) is 7.51. The summed E-state index contributed by atoms with van der Waals surface area (Å²) in [4.78, 5) is 0. The van der Waals surface area contributed by atoms with Gasteiger partial charge in [-0.15, -0.1) is 0 Å². The fraction of sp³-hybridized carbons (Fsp3) is 0.250. The van der Waals surface area contributed by atoms with Gasteiger partial charge in [0.15, 0.2) is 0 Å². The number of hydrogen-bond donors (Lipinski definition) is 1. The highest BCUT2D eigenvalue weighted by atomic mass is 16.5. The second kappa shape index (κ2) is 6.69. The van der Waals surface area contributed by atoms with E-state index in [1.807, 2.05) is 48.5 Å². The van der Waals surface area contributed by atoms with E-state index in [0.29, 0.717) is 12.3 Å². The smallest absolute Gasteiger partial charge is 0.121 e. The summed E-state index contributed by atoms with van der Waals surface area (Å²) < 4.78 is 11.2. The lowest BCUT2D eigenvalue weighted by Gasteiger charge is -2.08. The monoisotopic (exact) mass is 257 g/mol. The standard InChI is InChI=1S/C16H19NO2/c1-2-10-18-15-8-6-13(7-9-15)12-19-16-5-3-4-14(17)11-16/h3-9,11H,2,10,12,17H2,1H3. The number of nitrogen functional groups attached to an aromatic ring is 1. The van der Waals surface area contributed by atoms with Crippen LogP contribution in [0, 0.1) is 0 Å². The molecule has 0 aliphatic carbocycles. The Morgan fingerprint density at radius 1 is 0.947 bits per heavy atom. The Hall–Kier alpha value is -2.16. The zero-order valence-corrected chi connectivity index (χ0v) is 11.1. The molecule has 2 N–H and O–H groups in total. The molecule has 0 amide bonds. The maximum atomic E-state index is 5.70. The fourth-order valence-electron chi connectivity index (χ4n) is 1.67. The average Bonchev–Trinajstić information content (AvgIpc) is 2.44. The predicted octanol–water partition coefficient (Wildman–Crippen LogP) is 3.64. The van der Waals surface area contributed by atoms with Crippen LogP contribution in [0.5, 0.6) is 11.5 Å². The third-order valence-corrected chi connectivity index (χ3v) is 2.66. The summed E-state index contributed by atoms with van der Waals surface area (Å²) in [6.07, 6.45) is 1.01. The number of benzene rings is 2. The maximum Gasteiger partial charge on any atom is 0.121 e. The first-order valence-electron chi connectivity index (χ1n) is 6.48. The van der Waals surface area contributed by atoms with Crippen molar-refractivity contribution in [3.63, 3.8) is 0 Å². The van der Waals surface area contributed by atoms with E-state index < -0.39 is 0 Å². The zero-order valence-electron chi connectivity index (χ0n) is 11.1. The summed E-state index contributed by atoms with van der Waals surface area (Å²) in [7, 11) is 0. The van der Waals surface area contributed by atoms with Gasteiger partial charge in [0.25, 0.3) is 0 Å². The molecule has 2 aromatic rings. The van der Waals surface area contributed by atoms with Gasteiger partial charge in [0.05, 0.1) is 6.61 Å². The molecule has 0 atom stereocenters. The van der Waals surface area contributed by atoms with Crippen LogP contribution in [0.1, 0.15) is 18.9 Å². The van der Waals surface area contributed by atoms with Crippen LogP contribution in [0.15, 0.2) is 48.5 Å². The molecule has 0 spiro atoms. The molecular formula is C16H19NO2. The van der Waals surface area contributed by atoms with Gasteiger partial charge in [-0.3, -0.25) is 0 Å². The third kappa shape index (κ3) is 4.21.